The molecule has 0 aromatic heterocycles. The number of nitrogen functional groups attached to an aromatic ring is 1. The van der Waals surface area contributed by atoms with Crippen LogP contribution in [0.4, 0.5) is 0 Å². The molecule has 1 heterocycles. The fourth-order valence-electron chi connectivity index (χ4n) is 4.05. The van der Waals surface area contributed by atoms with Gasteiger partial charge in [0, 0.05) is 24.1 Å². The Hall–Kier alpha value is -2.85. The van der Waals surface area contributed by atoms with E-state index >= 15 is 0 Å². The molecular formula is C24H27N3O. The van der Waals surface area contributed by atoms with Crippen LogP contribution in [0.25, 0.3) is 10.8 Å². The van der Waals surface area contributed by atoms with Crippen molar-refractivity contribution in [2.45, 2.75) is 32.3 Å². The zero-order chi connectivity index (χ0) is 19.5. The number of ether oxygens (including phenoxy) is 1. The highest BCUT2D eigenvalue weighted by Crippen LogP contribution is 2.30. The van der Waals surface area contributed by atoms with Gasteiger partial charge >= 0.3 is 0 Å². The largest absolute Gasteiger partial charge is 0.489 e. The first-order valence-corrected chi connectivity index (χ1v) is 9.94. The zero-order valence-corrected chi connectivity index (χ0v) is 16.3. The molecular weight excluding hydrogens is 346 g/mol. The lowest BCUT2D eigenvalue weighted by molar-refractivity contribution is 0.165. The smallest absolute Gasteiger partial charge is 0.123 e. The predicted octanol–water partition coefficient (Wildman–Crippen LogP) is 4.15. The average molecular weight is 374 g/mol. The van der Waals surface area contributed by atoms with E-state index in [0.717, 1.165) is 54.4 Å². The standard InChI is InChI=1S/C24H27N3O/c1-16-6-4-10-23(28-18-7-5-13-27-15-18)22(16)14-17-11-12-21(24(25)26)20-9-3-2-8-19(17)20/h2-4,6,8-12,18,27H,5,7,13-15H2,1H3,(H3,25,26). The second-order valence-electron chi connectivity index (χ2n) is 7.55. The SMILES string of the molecule is Cc1cccc(OC2CCCNC2)c1Cc1ccc(C(=N)N)c2ccccc12. The molecule has 3 aromatic carbocycles. The molecule has 0 radical (unpaired) electrons. The highest BCUT2D eigenvalue weighted by molar-refractivity contribution is 6.08. The number of nitrogens with two attached hydrogens (primary N) is 1. The van der Waals surface area contributed by atoms with Crippen LogP contribution in [0.15, 0.2) is 54.6 Å². The van der Waals surface area contributed by atoms with Crippen molar-refractivity contribution in [3.05, 3.63) is 76.9 Å². The predicted molar refractivity (Wildman–Crippen MR) is 115 cm³/mol. The summed E-state index contributed by atoms with van der Waals surface area (Å²) in [6.07, 6.45) is 3.27. The summed E-state index contributed by atoms with van der Waals surface area (Å²) >= 11 is 0. The fourth-order valence-corrected chi connectivity index (χ4v) is 4.05. The van der Waals surface area contributed by atoms with Gasteiger partial charge in [-0.1, -0.05) is 48.5 Å². The van der Waals surface area contributed by atoms with E-state index < -0.39 is 0 Å². The lowest BCUT2D eigenvalue weighted by Gasteiger charge is -2.26. The van der Waals surface area contributed by atoms with Gasteiger partial charge in [0.1, 0.15) is 17.7 Å². The van der Waals surface area contributed by atoms with Gasteiger partial charge in [0.2, 0.25) is 0 Å². The van der Waals surface area contributed by atoms with E-state index in [-0.39, 0.29) is 11.9 Å². The summed E-state index contributed by atoms with van der Waals surface area (Å²) in [4.78, 5) is 0. The van der Waals surface area contributed by atoms with Gasteiger partial charge in [-0.3, -0.25) is 5.41 Å². The molecule has 3 aromatic rings. The summed E-state index contributed by atoms with van der Waals surface area (Å²) in [6, 6.07) is 18.5. The van der Waals surface area contributed by atoms with Gasteiger partial charge in [-0.15, -0.1) is 0 Å². The van der Waals surface area contributed by atoms with Crippen molar-refractivity contribution in [1.29, 1.82) is 5.41 Å². The van der Waals surface area contributed by atoms with Crippen LogP contribution in [0.5, 0.6) is 5.75 Å². The van der Waals surface area contributed by atoms with Crippen LogP contribution in [0, 0.1) is 12.3 Å². The number of hydrogen-bond donors (Lipinski definition) is 3. The summed E-state index contributed by atoms with van der Waals surface area (Å²) in [5, 5.41) is 13.5. The number of piperidine rings is 1. The third-order valence-corrected chi connectivity index (χ3v) is 5.58. The first-order valence-electron chi connectivity index (χ1n) is 9.94. The Morgan fingerprint density at radius 2 is 1.93 bits per heavy atom. The third kappa shape index (κ3) is 3.73. The number of benzene rings is 3. The van der Waals surface area contributed by atoms with Crippen LogP contribution in [0.2, 0.25) is 0 Å². The zero-order valence-electron chi connectivity index (χ0n) is 16.3. The van der Waals surface area contributed by atoms with Gasteiger partial charge in [0.25, 0.3) is 0 Å². The number of hydrogen-bond acceptors (Lipinski definition) is 3. The van der Waals surface area contributed by atoms with Crippen molar-refractivity contribution in [1.82, 2.24) is 5.32 Å². The first kappa shape index (κ1) is 18.5. The quantitative estimate of drug-likeness (QED) is 0.465. The van der Waals surface area contributed by atoms with Gasteiger partial charge in [0.05, 0.1) is 0 Å². The second kappa shape index (κ2) is 8.03. The molecule has 144 valence electrons. The Labute approximate surface area is 166 Å². The summed E-state index contributed by atoms with van der Waals surface area (Å²) in [5.41, 5.74) is 10.3. The summed E-state index contributed by atoms with van der Waals surface area (Å²) in [6.45, 7) is 4.13. The molecule has 0 aliphatic carbocycles. The topological polar surface area (TPSA) is 71.1 Å². The van der Waals surface area contributed by atoms with Gasteiger partial charge in [0.15, 0.2) is 0 Å². The molecule has 0 amide bonds. The van der Waals surface area contributed by atoms with E-state index in [1.165, 1.54) is 16.7 Å². The molecule has 0 spiro atoms. The summed E-state index contributed by atoms with van der Waals surface area (Å²) < 4.78 is 6.40. The maximum Gasteiger partial charge on any atom is 0.123 e. The van der Waals surface area contributed by atoms with Crippen molar-refractivity contribution in [3.63, 3.8) is 0 Å². The maximum atomic E-state index is 7.87. The summed E-state index contributed by atoms with van der Waals surface area (Å²) in [7, 11) is 0. The van der Waals surface area contributed by atoms with Gasteiger partial charge in [-0.25, -0.2) is 0 Å². The minimum atomic E-state index is 0.104. The molecule has 1 unspecified atom stereocenters. The third-order valence-electron chi connectivity index (χ3n) is 5.58. The highest BCUT2D eigenvalue weighted by Gasteiger charge is 2.18. The lowest BCUT2D eigenvalue weighted by Crippen LogP contribution is -2.37. The molecule has 4 N–H and O–H groups in total. The van der Waals surface area contributed by atoms with Crippen molar-refractivity contribution < 1.29 is 4.74 Å². The van der Waals surface area contributed by atoms with Crippen LogP contribution in [-0.4, -0.2) is 25.0 Å². The Morgan fingerprint density at radius 3 is 2.68 bits per heavy atom. The van der Waals surface area contributed by atoms with Crippen LogP contribution in [0.3, 0.4) is 0 Å². The normalized spacial score (nSPS) is 16.8. The molecule has 1 aliphatic heterocycles. The van der Waals surface area contributed by atoms with Crippen LogP contribution < -0.4 is 15.8 Å². The van der Waals surface area contributed by atoms with E-state index in [0.29, 0.717) is 0 Å². The number of amidine groups is 1. The van der Waals surface area contributed by atoms with Crippen molar-refractivity contribution in [2.24, 2.45) is 5.73 Å². The Morgan fingerprint density at radius 1 is 1.11 bits per heavy atom. The number of fused-ring (bicyclic) bond motifs is 1. The van der Waals surface area contributed by atoms with Gasteiger partial charge in [-0.2, -0.15) is 0 Å². The molecule has 0 bridgehead atoms. The van der Waals surface area contributed by atoms with Crippen LogP contribution >= 0.6 is 0 Å². The molecule has 1 aliphatic rings. The number of aryl methyl sites for hydroxylation is 1. The van der Waals surface area contributed by atoms with Crippen molar-refractivity contribution in [3.8, 4) is 5.75 Å². The number of rotatable bonds is 5. The lowest BCUT2D eigenvalue weighted by atomic mass is 9.93. The van der Waals surface area contributed by atoms with E-state index in [4.69, 9.17) is 15.9 Å². The molecule has 4 nitrogen and oxygen atoms in total. The van der Waals surface area contributed by atoms with E-state index in [1.807, 2.05) is 24.3 Å². The second-order valence-corrected chi connectivity index (χ2v) is 7.55. The molecule has 1 saturated heterocycles. The van der Waals surface area contributed by atoms with Crippen molar-refractivity contribution in [2.75, 3.05) is 13.1 Å². The van der Waals surface area contributed by atoms with Crippen LogP contribution in [-0.2, 0) is 6.42 Å². The van der Waals surface area contributed by atoms with E-state index in [1.54, 1.807) is 0 Å². The molecule has 28 heavy (non-hydrogen) atoms. The molecule has 1 fully saturated rings. The Bertz CT molecular complexity index is 1010. The Balaban J connectivity index is 1.71. The maximum absolute atomic E-state index is 7.87. The molecule has 1 atom stereocenters. The summed E-state index contributed by atoms with van der Waals surface area (Å²) in [5.74, 6) is 1.08. The van der Waals surface area contributed by atoms with Gasteiger partial charge < -0.3 is 15.8 Å². The first-order chi connectivity index (χ1) is 13.6. The Kier molecular flexibility index (Phi) is 5.31. The monoisotopic (exact) mass is 373 g/mol. The molecule has 0 saturated carbocycles. The molecule has 4 heteroatoms. The minimum absolute atomic E-state index is 0.104. The number of nitrogens with one attached hydrogen (secondary N) is 2. The van der Waals surface area contributed by atoms with E-state index in [9.17, 15) is 0 Å². The minimum Gasteiger partial charge on any atom is -0.489 e. The van der Waals surface area contributed by atoms with Crippen LogP contribution in [0.1, 0.15) is 35.1 Å². The molecule has 4 rings (SSSR count). The van der Waals surface area contributed by atoms with Gasteiger partial charge in [-0.05, 0) is 54.3 Å². The highest BCUT2D eigenvalue weighted by atomic mass is 16.5. The fraction of sp³-hybridized carbons (Fsp3) is 0.292. The average Bonchev–Trinajstić information content (AvgIpc) is 2.71. The van der Waals surface area contributed by atoms with Crippen molar-refractivity contribution >= 4 is 16.6 Å². The van der Waals surface area contributed by atoms with E-state index in [2.05, 4.69) is 42.6 Å².